The minimum absolute atomic E-state index is 0.291. The molecule has 3 N–H and O–H groups in total. The van der Waals surface area contributed by atoms with Crippen molar-refractivity contribution in [3.8, 4) is 0 Å². The highest BCUT2D eigenvalue weighted by Crippen LogP contribution is 2.32. The number of hydrogen-bond donors (Lipinski definition) is 3. The Labute approximate surface area is 180 Å². The van der Waals surface area contributed by atoms with Crippen LogP contribution in [-0.4, -0.2) is 29.5 Å². The number of aryl methyl sites for hydroxylation is 1. The standard InChI is InChI=1S/C24H25N3O4/c1-15-7-9-20-18(11-15)19-12-17(8-10-21(19)26-20)23(29)31-14-22(28)27-24(30)25-13-16-5-3-2-4-6-16/h2-6,8,10,12,15,26H,7,9,11,13-14H2,1H3,(H2,25,27,28,30)/t15-/m1/s1. The molecule has 4 rings (SSSR count). The topological polar surface area (TPSA) is 100 Å². The molecule has 2 aromatic carbocycles. The van der Waals surface area contributed by atoms with E-state index in [1.54, 1.807) is 6.07 Å². The molecule has 7 nitrogen and oxygen atoms in total. The molecule has 160 valence electrons. The number of amides is 3. The number of imide groups is 1. The highest BCUT2D eigenvalue weighted by Gasteiger charge is 2.21. The lowest BCUT2D eigenvalue weighted by molar-refractivity contribution is -0.123. The third-order valence-electron chi connectivity index (χ3n) is 5.55. The zero-order valence-electron chi connectivity index (χ0n) is 17.4. The van der Waals surface area contributed by atoms with Gasteiger partial charge in [0.2, 0.25) is 0 Å². The number of H-pyrrole nitrogens is 1. The number of aromatic nitrogens is 1. The Bertz CT molecular complexity index is 1120. The van der Waals surface area contributed by atoms with Crippen LogP contribution in [0.15, 0.2) is 48.5 Å². The lowest BCUT2D eigenvalue weighted by atomic mass is 9.87. The number of benzene rings is 2. The van der Waals surface area contributed by atoms with Gasteiger partial charge in [0.05, 0.1) is 5.56 Å². The fraction of sp³-hybridized carbons (Fsp3) is 0.292. The van der Waals surface area contributed by atoms with Gasteiger partial charge in [0, 0.05) is 23.1 Å². The summed E-state index contributed by atoms with van der Waals surface area (Å²) in [5.74, 6) is -0.674. The van der Waals surface area contributed by atoms with Gasteiger partial charge >= 0.3 is 12.0 Å². The number of carbonyl (C=O) groups is 3. The normalized spacial score (nSPS) is 15.2. The number of fused-ring (bicyclic) bond motifs is 3. The molecule has 0 bridgehead atoms. The van der Waals surface area contributed by atoms with E-state index >= 15 is 0 Å². The van der Waals surface area contributed by atoms with Crippen LogP contribution in [0.4, 0.5) is 4.79 Å². The van der Waals surface area contributed by atoms with E-state index in [0.29, 0.717) is 18.0 Å². The van der Waals surface area contributed by atoms with Crippen molar-refractivity contribution in [2.75, 3.05) is 6.61 Å². The van der Waals surface area contributed by atoms with Gasteiger partial charge in [0.25, 0.3) is 5.91 Å². The Hall–Kier alpha value is -3.61. The van der Waals surface area contributed by atoms with Gasteiger partial charge in [-0.1, -0.05) is 37.3 Å². The van der Waals surface area contributed by atoms with Crippen LogP contribution in [0.5, 0.6) is 0 Å². The maximum atomic E-state index is 12.4. The van der Waals surface area contributed by atoms with Crippen molar-refractivity contribution < 1.29 is 19.1 Å². The summed E-state index contributed by atoms with van der Waals surface area (Å²) in [5, 5.41) is 5.77. The number of nitrogens with one attached hydrogen (secondary N) is 3. The van der Waals surface area contributed by atoms with E-state index in [1.807, 2.05) is 42.5 Å². The van der Waals surface area contributed by atoms with Crippen LogP contribution in [0.1, 0.15) is 40.5 Å². The van der Waals surface area contributed by atoms with Crippen molar-refractivity contribution in [2.45, 2.75) is 32.7 Å². The Morgan fingerprint density at radius 3 is 2.74 bits per heavy atom. The Balaban J connectivity index is 1.31. The number of esters is 1. The van der Waals surface area contributed by atoms with E-state index in [4.69, 9.17) is 4.74 Å². The maximum Gasteiger partial charge on any atom is 0.338 e. The molecule has 31 heavy (non-hydrogen) atoms. The largest absolute Gasteiger partial charge is 0.452 e. The van der Waals surface area contributed by atoms with Gasteiger partial charge in [-0.2, -0.15) is 0 Å². The first-order chi connectivity index (χ1) is 15.0. The Morgan fingerprint density at radius 2 is 1.94 bits per heavy atom. The smallest absolute Gasteiger partial charge is 0.338 e. The molecule has 1 heterocycles. The van der Waals surface area contributed by atoms with Crippen LogP contribution in [0, 0.1) is 5.92 Å². The summed E-state index contributed by atoms with van der Waals surface area (Å²) in [6, 6.07) is 14.1. The molecule has 0 radical (unpaired) electrons. The van der Waals surface area contributed by atoms with Crippen molar-refractivity contribution in [2.24, 2.45) is 5.92 Å². The van der Waals surface area contributed by atoms with Crippen LogP contribution in [-0.2, 0) is 28.9 Å². The molecule has 0 spiro atoms. The number of aromatic amines is 1. The highest BCUT2D eigenvalue weighted by atomic mass is 16.5. The Morgan fingerprint density at radius 1 is 1.13 bits per heavy atom. The summed E-state index contributed by atoms with van der Waals surface area (Å²) in [4.78, 5) is 39.6. The van der Waals surface area contributed by atoms with E-state index in [9.17, 15) is 14.4 Å². The summed E-state index contributed by atoms with van der Waals surface area (Å²) in [6.07, 6.45) is 3.15. The first-order valence-corrected chi connectivity index (χ1v) is 10.4. The van der Waals surface area contributed by atoms with Crippen LogP contribution >= 0.6 is 0 Å². The van der Waals surface area contributed by atoms with Gasteiger partial charge in [-0.25, -0.2) is 9.59 Å². The van der Waals surface area contributed by atoms with E-state index in [-0.39, 0.29) is 0 Å². The SMILES string of the molecule is C[C@@H]1CCc2[nH]c3ccc(C(=O)OCC(=O)NC(=O)NCc4ccccc4)cc3c2C1. The number of urea groups is 1. The third kappa shape index (κ3) is 4.94. The van der Waals surface area contributed by atoms with Gasteiger partial charge in [-0.05, 0) is 54.5 Å². The third-order valence-corrected chi connectivity index (χ3v) is 5.55. The molecule has 0 saturated heterocycles. The van der Waals surface area contributed by atoms with Crippen molar-refractivity contribution in [1.29, 1.82) is 0 Å². The van der Waals surface area contributed by atoms with Gasteiger partial charge in [-0.3, -0.25) is 10.1 Å². The lowest BCUT2D eigenvalue weighted by Crippen LogP contribution is -2.41. The molecule has 7 heteroatoms. The first-order valence-electron chi connectivity index (χ1n) is 10.4. The van der Waals surface area contributed by atoms with E-state index in [0.717, 1.165) is 35.7 Å². The minimum atomic E-state index is -0.687. The Kier molecular flexibility index (Phi) is 6.02. The average molecular weight is 419 g/mol. The average Bonchev–Trinajstić information content (AvgIpc) is 3.14. The molecule has 1 atom stereocenters. The van der Waals surface area contributed by atoms with Crippen LogP contribution in [0.25, 0.3) is 10.9 Å². The van der Waals surface area contributed by atoms with E-state index < -0.39 is 24.5 Å². The second-order valence-electron chi connectivity index (χ2n) is 7.98. The zero-order valence-corrected chi connectivity index (χ0v) is 17.4. The summed E-state index contributed by atoms with van der Waals surface area (Å²) in [7, 11) is 0. The van der Waals surface area contributed by atoms with Gasteiger partial charge < -0.3 is 15.0 Å². The number of rotatable bonds is 5. The number of carbonyl (C=O) groups excluding carboxylic acids is 3. The molecule has 0 fully saturated rings. The first kappa shape index (κ1) is 20.7. The molecule has 1 aliphatic carbocycles. The van der Waals surface area contributed by atoms with Crippen molar-refractivity contribution >= 4 is 28.8 Å². The summed E-state index contributed by atoms with van der Waals surface area (Å²) >= 11 is 0. The van der Waals surface area contributed by atoms with Crippen molar-refractivity contribution in [1.82, 2.24) is 15.6 Å². The van der Waals surface area contributed by atoms with Crippen molar-refractivity contribution in [3.05, 3.63) is 70.9 Å². The van der Waals surface area contributed by atoms with Crippen LogP contribution in [0.2, 0.25) is 0 Å². The molecule has 1 aromatic heterocycles. The molecule has 3 aromatic rings. The quantitative estimate of drug-likeness (QED) is 0.551. The van der Waals surface area contributed by atoms with Crippen molar-refractivity contribution in [3.63, 3.8) is 0 Å². The van der Waals surface area contributed by atoms with Gasteiger partial charge in [0.1, 0.15) is 0 Å². The number of hydrogen-bond acceptors (Lipinski definition) is 4. The fourth-order valence-corrected chi connectivity index (χ4v) is 3.92. The highest BCUT2D eigenvalue weighted by molar-refractivity contribution is 5.99. The summed E-state index contributed by atoms with van der Waals surface area (Å²) in [6.45, 7) is 1.99. The number of ether oxygens (including phenoxy) is 1. The predicted molar refractivity (Wildman–Crippen MR) is 117 cm³/mol. The summed E-state index contributed by atoms with van der Waals surface area (Å²) in [5.41, 5.74) is 4.79. The van der Waals surface area contributed by atoms with E-state index in [1.165, 1.54) is 11.3 Å². The zero-order chi connectivity index (χ0) is 21.8. The molecule has 3 amide bonds. The van der Waals surface area contributed by atoms with Gasteiger partial charge in [-0.15, -0.1) is 0 Å². The molecular formula is C24H25N3O4. The monoisotopic (exact) mass is 419 g/mol. The minimum Gasteiger partial charge on any atom is -0.452 e. The van der Waals surface area contributed by atoms with Crippen LogP contribution < -0.4 is 10.6 Å². The fourth-order valence-electron chi connectivity index (χ4n) is 3.92. The molecule has 1 aliphatic rings. The lowest BCUT2D eigenvalue weighted by Gasteiger charge is -2.18. The summed E-state index contributed by atoms with van der Waals surface area (Å²) < 4.78 is 5.10. The van der Waals surface area contributed by atoms with Gasteiger partial charge in [0.15, 0.2) is 6.61 Å². The second kappa shape index (κ2) is 9.04. The maximum absolute atomic E-state index is 12.4. The van der Waals surface area contributed by atoms with E-state index in [2.05, 4.69) is 22.5 Å². The molecule has 0 unspecified atom stereocenters. The molecule has 0 aliphatic heterocycles. The molecule has 0 saturated carbocycles. The molecular weight excluding hydrogens is 394 g/mol. The van der Waals surface area contributed by atoms with Crippen LogP contribution in [0.3, 0.4) is 0 Å². The second-order valence-corrected chi connectivity index (χ2v) is 7.98. The predicted octanol–water partition coefficient (Wildman–Crippen LogP) is 3.48.